The van der Waals surface area contributed by atoms with E-state index in [4.69, 9.17) is 23.2 Å². The topological polar surface area (TPSA) is 45.5 Å². The van der Waals surface area contributed by atoms with Crippen LogP contribution in [0.5, 0.6) is 0 Å². The number of aromatic nitrogens is 2. The molecule has 1 aromatic carbocycles. The summed E-state index contributed by atoms with van der Waals surface area (Å²) in [4.78, 5) is 6.39. The minimum Gasteiger partial charge on any atom is -0.352 e. The van der Waals surface area contributed by atoms with Crippen molar-refractivity contribution in [1.29, 1.82) is 0 Å². The maximum Gasteiger partial charge on any atom is 0.193 e. The van der Waals surface area contributed by atoms with Crippen LogP contribution in [0.15, 0.2) is 23.2 Å². The van der Waals surface area contributed by atoms with Gasteiger partial charge in [-0.05, 0) is 31.5 Å². The van der Waals surface area contributed by atoms with Crippen molar-refractivity contribution >= 4 is 29.2 Å². The maximum absolute atomic E-state index is 6.08. The predicted molar refractivity (Wildman–Crippen MR) is 101 cm³/mol. The van der Waals surface area contributed by atoms with Gasteiger partial charge in [-0.3, -0.25) is 9.67 Å². The van der Waals surface area contributed by atoms with Gasteiger partial charge in [0.25, 0.3) is 0 Å². The highest BCUT2D eigenvalue weighted by atomic mass is 35.5. The Labute approximate surface area is 153 Å². The number of aryl methyl sites for hydroxylation is 2. The summed E-state index contributed by atoms with van der Waals surface area (Å²) in [6.07, 6.45) is 0. The molecule has 0 unspecified atom stereocenters. The molecule has 0 saturated carbocycles. The second kappa shape index (κ2) is 7.90. The minimum absolute atomic E-state index is 0.562. The molecule has 1 aromatic heterocycles. The molecule has 1 N–H and O–H groups in total. The number of guanidine groups is 1. The van der Waals surface area contributed by atoms with Gasteiger partial charge >= 0.3 is 0 Å². The third-order valence-corrected chi connectivity index (χ3v) is 4.80. The fourth-order valence-corrected chi connectivity index (χ4v) is 2.93. The van der Waals surface area contributed by atoms with Crippen LogP contribution in [0, 0.1) is 13.8 Å². The van der Waals surface area contributed by atoms with Crippen molar-refractivity contribution in [3.63, 3.8) is 0 Å². The summed E-state index contributed by atoms with van der Waals surface area (Å²) < 4.78 is 1.90. The number of rotatable bonds is 4. The summed E-state index contributed by atoms with van der Waals surface area (Å²) >= 11 is 12.1. The lowest BCUT2D eigenvalue weighted by Gasteiger charge is -2.22. The van der Waals surface area contributed by atoms with Crippen LogP contribution in [0.25, 0.3) is 0 Å². The zero-order valence-corrected chi connectivity index (χ0v) is 16.2. The van der Waals surface area contributed by atoms with Gasteiger partial charge in [-0.1, -0.05) is 29.3 Å². The number of nitrogens with zero attached hydrogens (tertiary/aromatic N) is 4. The van der Waals surface area contributed by atoms with Gasteiger partial charge in [-0.2, -0.15) is 5.10 Å². The number of benzene rings is 1. The van der Waals surface area contributed by atoms with E-state index in [1.807, 2.05) is 48.8 Å². The number of hydrogen-bond donors (Lipinski definition) is 1. The van der Waals surface area contributed by atoms with Crippen molar-refractivity contribution in [1.82, 2.24) is 20.0 Å². The van der Waals surface area contributed by atoms with Crippen LogP contribution in [0.2, 0.25) is 10.0 Å². The average molecular weight is 368 g/mol. The molecular weight excluding hydrogens is 345 g/mol. The lowest BCUT2D eigenvalue weighted by Crippen LogP contribution is -2.38. The Balaban J connectivity index is 2.04. The van der Waals surface area contributed by atoms with E-state index in [0.717, 1.165) is 22.9 Å². The zero-order valence-electron chi connectivity index (χ0n) is 14.7. The molecule has 130 valence electrons. The van der Waals surface area contributed by atoms with Gasteiger partial charge in [0.05, 0.1) is 15.7 Å². The first-order valence-corrected chi connectivity index (χ1v) is 8.43. The summed E-state index contributed by atoms with van der Waals surface area (Å²) in [7, 11) is 5.72. The first kappa shape index (κ1) is 18.6. The molecule has 0 spiro atoms. The molecule has 0 atom stereocenters. The van der Waals surface area contributed by atoms with Crippen molar-refractivity contribution in [2.45, 2.75) is 26.9 Å². The van der Waals surface area contributed by atoms with Crippen LogP contribution in [0.1, 0.15) is 22.5 Å². The Hall–Kier alpha value is -1.72. The van der Waals surface area contributed by atoms with Gasteiger partial charge in [-0.15, -0.1) is 0 Å². The van der Waals surface area contributed by atoms with Crippen LogP contribution in [0.4, 0.5) is 0 Å². The normalized spacial score (nSPS) is 11.7. The molecule has 0 saturated heterocycles. The monoisotopic (exact) mass is 367 g/mol. The largest absolute Gasteiger partial charge is 0.352 e. The quantitative estimate of drug-likeness (QED) is 0.663. The van der Waals surface area contributed by atoms with E-state index in [2.05, 4.69) is 22.3 Å². The lowest BCUT2D eigenvalue weighted by molar-refractivity contribution is 0.476. The highest BCUT2D eigenvalue weighted by Gasteiger charge is 2.12. The van der Waals surface area contributed by atoms with Crippen LogP contribution < -0.4 is 5.32 Å². The van der Waals surface area contributed by atoms with Crippen molar-refractivity contribution in [2.75, 3.05) is 14.1 Å². The van der Waals surface area contributed by atoms with E-state index in [1.54, 1.807) is 7.05 Å². The van der Waals surface area contributed by atoms with E-state index in [1.165, 1.54) is 5.56 Å². The first-order valence-electron chi connectivity index (χ1n) is 7.68. The molecule has 2 aromatic rings. The van der Waals surface area contributed by atoms with Crippen LogP contribution in [-0.4, -0.2) is 34.7 Å². The van der Waals surface area contributed by atoms with Crippen molar-refractivity contribution in [3.8, 4) is 0 Å². The molecular formula is C17H23Cl2N5. The Kier molecular flexibility index (Phi) is 6.13. The van der Waals surface area contributed by atoms with Gasteiger partial charge in [-0.25, -0.2) is 0 Å². The van der Waals surface area contributed by atoms with Crippen molar-refractivity contribution in [2.24, 2.45) is 12.0 Å². The third-order valence-electron chi connectivity index (χ3n) is 4.06. The maximum atomic E-state index is 6.08. The van der Waals surface area contributed by atoms with Gasteiger partial charge < -0.3 is 10.2 Å². The van der Waals surface area contributed by atoms with E-state index in [9.17, 15) is 0 Å². The summed E-state index contributed by atoms with van der Waals surface area (Å²) in [6.45, 7) is 5.46. The molecule has 5 nitrogen and oxygen atoms in total. The Morgan fingerprint density at radius 3 is 2.54 bits per heavy atom. The van der Waals surface area contributed by atoms with Gasteiger partial charge in [0.15, 0.2) is 5.96 Å². The van der Waals surface area contributed by atoms with Crippen molar-refractivity contribution in [3.05, 3.63) is 50.8 Å². The number of halogens is 2. The molecule has 7 heteroatoms. The summed E-state index contributed by atoms with van der Waals surface area (Å²) in [6, 6.07) is 5.65. The Morgan fingerprint density at radius 2 is 2.00 bits per heavy atom. The Morgan fingerprint density at radius 1 is 1.29 bits per heavy atom. The first-order chi connectivity index (χ1) is 11.3. The second-order valence-corrected chi connectivity index (χ2v) is 6.59. The van der Waals surface area contributed by atoms with Crippen LogP contribution >= 0.6 is 23.2 Å². The van der Waals surface area contributed by atoms with E-state index >= 15 is 0 Å². The molecule has 0 aliphatic carbocycles. The van der Waals surface area contributed by atoms with Crippen molar-refractivity contribution < 1.29 is 0 Å². The van der Waals surface area contributed by atoms with Gasteiger partial charge in [0.1, 0.15) is 0 Å². The lowest BCUT2D eigenvalue weighted by atomic mass is 10.2. The fourth-order valence-electron chi connectivity index (χ4n) is 2.61. The third kappa shape index (κ3) is 4.22. The minimum atomic E-state index is 0.562. The highest BCUT2D eigenvalue weighted by Crippen LogP contribution is 2.23. The highest BCUT2D eigenvalue weighted by molar-refractivity contribution is 6.42. The van der Waals surface area contributed by atoms with E-state index in [-0.39, 0.29) is 0 Å². The van der Waals surface area contributed by atoms with Crippen LogP contribution in [0.3, 0.4) is 0 Å². The molecule has 24 heavy (non-hydrogen) atoms. The summed E-state index contributed by atoms with van der Waals surface area (Å²) in [5.41, 5.74) is 4.46. The molecule has 0 bridgehead atoms. The summed E-state index contributed by atoms with van der Waals surface area (Å²) in [5.74, 6) is 0.809. The van der Waals surface area contributed by atoms with Crippen LogP contribution in [-0.2, 0) is 20.1 Å². The predicted octanol–water partition coefficient (Wildman–Crippen LogP) is 3.55. The Bertz CT molecular complexity index is 752. The number of nitrogens with one attached hydrogen (secondary N) is 1. The molecule has 0 radical (unpaired) electrons. The number of hydrogen-bond acceptors (Lipinski definition) is 2. The molecule has 0 aliphatic rings. The van der Waals surface area contributed by atoms with Gasteiger partial charge in [0, 0.05) is 45.5 Å². The molecule has 2 rings (SSSR count). The summed E-state index contributed by atoms with van der Waals surface area (Å²) in [5, 5.41) is 8.96. The SMILES string of the molecule is CN=C(NCc1c(C)nn(C)c1C)N(C)Cc1ccc(Cl)c(Cl)c1. The zero-order chi connectivity index (χ0) is 17.9. The molecule has 0 aliphatic heterocycles. The molecule has 1 heterocycles. The van der Waals surface area contributed by atoms with E-state index < -0.39 is 0 Å². The van der Waals surface area contributed by atoms with E-state index in [0.29, 0.717) is 23.1 Å². The number of aliphatic imine (C=N–C) groups is 1. The van der Waals surface area contributed by atoms with Gasteiger partial charge in [0.2, 0.25) is 0 Å². The average Bonchev–Trinajstić information content (AvgIpc) is 2.77. The standard InChI is InChI=1S/C17H23Cl2N5/c1-11-14(12(2)24(5)22-11)9-21-17(20-3)23(4)10-13-6-7-15(18)16(19)8-13/h6-8H,9-10H2,1-5H3,(H,20,21). The molecule has 0 amide bonds. The fraction of sp³-hybridized carbons (Fsp3) is 0.412. The second-order valence-electron chi connectivity index (χ2n) is 5.78. The molecule has 0 fully saturated rings. The smallest absolute Gasteiger partial charge is 0.193 e.